The van der Waals surface area contributed by atoms with Gasteiger partial charge in [0.25, 0.3) is 0 Å². The molecule has 0 amide bonds. The van der Waals surface area contributed by atoms with Crippen molar-refractivity contribution in [3.05, 3.63) is 21.9 Å². The van der Waals surface area contributed by atoms with Gasteiger partial charge in [0, 0.05) is 11.4 Å². The molecule has 1 unspecified atom stereocenters. The lowest BCUT2D eigenvalue weighted by Crippen LogP contribution is -2.26. The van der Waals surface area contributed by atoms with Crippen LogP contribution in [0.4, 0.5) is 0 Å². The lowest BCUT2D eigenvalue weighted by atomic mass is 10.2. The second kappa shape index (κ2) is 4.03. The molecule has 2 nitrogen and oxygen atoms in total. The van der Waals surface area contributed by atoms with Gasteiger partial charge in [-0.2, -0.15) is 0 Å². The number of nitrogens with two attached hydrogens (primary N) is 1. The number of hydrogen-bond donors (Lipinski definition) is 1. The first kappa shape index (κ1) is 9.71. The predicted octanol–water partition coefficient (Wildman–Crippen LogP) is 1.62. The molecule has 1 atom stereocenters. The highest BCUT2D eigenvalue weighted by molar-refractivity contribution is 7.10. The minimum Gasteiger partial charge on any atom is -0.329 e. The fourth-order valence-electron chi connectivity index (χ4n) is 1.21. The van der Waals surface area contributed by atoms with Crippen molar-refractivity contribution >= 4 is 11.3 Å². The minimum absolute atomic E-state index is 0.378. The summed E-state index contributed by atoms with van der Waals surface area (Å²) in [4.78, 5) is 3.52. The summed E-state index contributed by atoms with van der Waals surface area (Å²) < 4.78 is 0. The molecule has 0 aliphatic heterocycles. The van der Waals surface area contributed by atoms with Crippen LogP contribution >= 0.6 is 11.3 Å². The van der Waals surface area contributed by atoms with E-state index < -0.39 is 0 Å². The van der Waals surface area contributed by atoms with Crippen LogP contribution in [-0.2, 0) is 0 Å². The zero-order chi connectivity index (χ0) is 9.14. The summed E-state index contributed by atoms with van der Waals surface area (Å²) in [5.74, 6) is 0. The first-order valence-electron chi connectivity index (χ1n) is 4.06. The highest BCUT2D eigenvalue weighted by Crippen LogP contribution is 2.24. The molecule has 68 valence electrons. The van der Waals surface area contributed by atoms with Crippen molar-refractivity contribution in [2.75, 3.05) is 20.6 Å². The molecule has 0 saturated carbocycles. The molecule has 1 rings (SSSR count). The second-order valence-electron chi connectivity index (χ2n) is 3.24. The standard InChI is InChI=1S/C9H16N2S/c1-7-4-9(12-6-7)8(5-10)11(2)3/h4,6,8H,5,10H2,1-3H3. The van der Waals surface area contributed by atoms with E-state index in [1.165, 1.54) is 10.4 Å². The van der Waals surface area contributed by atoms with Gasteiger partial charge in [-0.25, -0.2) is 0 Å². The first-order chi connectivity index (χ1) is 5.65. The smallest absolute Gasteiger partial charge is 0.0559 e. The van der Waals surface area contributed by atoms with E-state index in [9.17, 15) is 0 Å². The molecule has 3 heteroatoms. The van der Waals surface area contributed by atoms with Gasteiger partial charge >= 0.3 is 0 Å². The Kier molecular flexibility index (Phi) is 3.26. The van der Waals surface area contributed by atoms with Crippen molar-refractivity contribution in [3.8, 4) is 0 Å². The van der Waals surface area contributed by atoms with Crippen molar-refractivity contribution in [2.45, 2.75) is 13.0 Å². The van der Waals surface area contributed by atoms with E-state index in [-0.39, 0.29) is 0 Å². The lowest BCUT2D eigenvalue weighted by molar-refractivity contribution is 0.310. The number of rotatable bonds is 3. The zero-order valence-corrected chi connectivity index (χ0v) is 8.69. The molecule has 2 N–H and O–H groups in total. The van der Waals surface area contributed by atoms with Gasteiger partial charge in [0.2, 0.25) is 0 Å². The molecule has 0 bridgehead atoms. The molecule has 0 aromatic carbocycles. The third-order valence-electron chi connectivity index (χ3n) is 1.93. The average molecular weight is 184 g/mol. The maximum Gasteiger partial charge on any atom is 0.0559 e. The molecule has 1 aromatic rings. The Hall–Kier alpha value is -0.380. The molecule has 0 saturated heterocycles. The van der Waals surface area contributed by atoms with Crippen LogP contribution in [0.1, 0.15) is 16.5 Å². The SMILES string of the molecule is Cc1csc(C(CN)N(C)C)c1. The zero-order valence-electron chi connectivity index (χ0n) is 7.87. The Morgan fingerprint density at radius 3 is 2.58 bits per heavy atom. The molecule has 1 heterocycles. The van der Waals surface area contributed by atoms with Crippen LogP contribution in [0.15, 0.2) is 11.4 Å². The Morgan fingerprint density at radius 1 is 1.58 bits per heavy atom. The quantitative estimate of drug-likeness (QED) is 0.773. The summed E-state index contributed by atoms with van der Waals surface area (Å²) in [6.45, 7) is 2.80. The molecule has 1 aromatic heterocycles. The number of likely N-dealkylation sites (N-methyl/N-ethyl adjacent to an activating group) is 1. The number of thiophene rings is 1. The van der Waals surface area contributed by atoms with Crippen LogP contribution in [-0.4, -0.2) is 25.5 Å². The maximum atomic E-state index is 5.68. The monoisotopic (exact) mass is 184 g/mol. The molecular weight excluding hydrogens is 168 g/mol. The number of aryl methyl sites for hydroxylation is 1. The fraction of sp³-hybridized carbons (Fsp3) is 0.556. The number of nitrogens with zero attached hydrogens (tertiary/aromatic N) is 1. The van der Waals surface area contributed by atoms with Crippen LogP contribution < -0.4 is 5.73 Å². The van der Waals surface area contributed by atoms with Crippen molar-refractivity contribution in [3.63, 3.8) is 0 Å². The van der Waals surface area contributed by atoms with E-state index in [1.807, 2.05) is 0 Å². The first-order valence-corrected chi connectivity index (χ1v) is 4.94. The lowest BCUT2D eigenvalue weighted by Gasteiger charge is -2.20. The molecule has 0 aliphatic carbocycles. The van der Waals surface area contributed by atoms with E-state index in [2.05, 4.69) is 37.4 Å². The molecule has 0 spiro atoms. The third-order valence-corrected chi connectivity index (χ3v) is 3.08. The summed E-state index contributed by atoms with van der Waals surface area (Å²) in [6.07, 6.45) is 0. The maximum absolute atomic E-state index is 5.68. The predicted molar refractivity (Wildman–Crippen MR) is 54.5 cm³/mol. The Bertz CT molecular complexity index is 242. The van der Waals surface area contributed by atoms with Crippen molar-refractivity contribution in [1.82, 2.24) is 4.90 Å². The summed E-state index contributed by atoms with van der Waals surface area (Å²) >= 11 is 1.79. The summed E-state index contributed by atoms with van der Waals surface area (Å²) in [6, 6.07) is 2.59. The molecule has 0 fully saturated rings. The molecule has 0 radical (unpaired) electrons. The van der Waals surface area contributed by atoms with Gasteiger partial charge < -0.3 is 10.6 Å². The van der Waals surface area contributed by atoms with E-state index in [0.717, 1.165) is 0 Å². The van der Waals surface area contributed by atoms with Crippen LogP contribution in [0, 0.1) is 6.92 Å². The average Bonchev–Trinajstić information content (AvgIpc) is 2.37. The van der Waals surface area contributed by atoms with Crippen molar-refractivity contribution < 1.29 is 0 Å². The van der Waals surface area contributed by atoms with Gasteiger partial charge in [0.1, 0.15) is 0 Å². The van der Waals surface area contributed by atoms with Gasteiger partial charge in [-0.1, -0.05) is 0 Å². The summed E-state index contributed by atoms with van der Waals surface area (Å²) in [5, 5.41) is 2.17. The van der Waals surface area contributed by atoms with E-state index in [0.29, 0.717) is 12.6 Å². The van der Waals surface area contributed by atoms with Crippen LogP contribution in [0.25, 0.3) is 0 Å². The van der Waals surface area contributed by atoms with Gasteiger partial charge in [0.15, 0.2) is 0 Å². The van der Waals surface area contributed by atoms with Gasteiger partial charge in [0.05, 0.1) is 6.04 Å². The Labute approximate surface area is 78.0 Å². The van der Waals surface area contributed by atoms with Crippen molar-refractivity contribution in [1.29, 1.82) is 0 Å². The second-order valence-corrected chi connectivity index (χ2v) is 4.18. The number of hydrogen-bond acceptors (Lipinski definition) is 3. The summed E-state index contributed by atoms with van der Waals surface area (Å²) in [7, 11) is 4.12. The van der Waals surface area contributed by atoms with Gasteiger partial charge in [-0.05, 0) is 38.0 Å². The van der Waals surface area contributed by atoms with Gasteiger partial charge in [-0.15, -0.1) is 11.3 Å². The van der Waals surface area contributed by atoms with Gasteiger partial charge in [-0.3, -0.25) is 0 Å². The highest BCUT2D eigenvalue weighted by Gasteiger charge is 2.12. The normalized spacial score (nSPS) is 13.8. The van der Waals surface area contributed by atoms with E-state index in [1.54, 1.807) is 11.3 Å². The molecular formula is C9H16N2S. The third kappa shape index (κ3) is 2.06. The van der Waals surface area contributed by atoms with Crippen LogP contribution in [0.3, 0.4) is 0 Å². The fourth-order valence-corrected chi connectivity index (χ4v) is 2.32. The minimum atomic E-state index is 0.378. The molecule has 12 heavy (non-hydrogen) atoms. The van der Waals surface area contributed by atoms with Crippen LogP contribution in [0.5, 0.6) is 0 Å². The topological polar surface area (TPSA) is 29.3 Å². The summed E-state index contributed by atoms with van der Waals surface area (Å²) in [5.41, 5.74) is 7.01. The van der Waals surface area contributed by atoms with Crippen LogP contribution in [0.2, 0.25) is 0 Å². The van der Waals surface area contributed by atoms with E-state index in [4.69, 9.17) is 5.73 Å². The Morgan fingerprint density at radius 2 is 2.25 bits per heavy atom. The van der Waals surface area contributed by atoms with Crippen molar-refractivity contribution in [2.24, 2.45) is 5.73 Å². The largest absolute Gasteiger partial charge is 0.329 e. The highest BCUT2D eigenvalue weighted by atomic mass is 32.1. The Balaban J connectivity index is 2.80. The van der Waals surface area contributed by atoms with E-state index >= 15 is 0 Å². The molecule has 0 aliphatic rings.